The van der Waals surface area contributed by atoms with Crippen LogP contribution in [-0.4, -0.2) is 57.2 Å². The van der Waals surface area contributed by atoms with Gasteiger partial charge < -0.3 is 26.6 Å². The molecule has 0 heterocycles. The maximum Gasteiger partial charge on any atom is 0.223 e. The molecular formula is C89H165N5O5. The van der Waals surface area contributed by atoms with Crippen LogP contribution >= 0.6 is 0 Å². The predicted octanol–water partition coefficient (Wildman–Crippen LogP) is 23.4. The van der Waals surface area contributed by atoms with Crippen molar-refractivity contribution in [3.63, 3.8) is 0 Å². The van der Waals surface area contributed by atoms with E-state index in [4.69, 9.17) is 0 Å². The van der Waals surface area contributed by atoms with Crippen LogP contribution in [0.1, 0.15) is 414 Å². The number of carbonyl (C=O) groups excluding carboxylic acids is 5. The van der Waals surface area contributed by atoms with Gasteiger partial charge in [0, 0.05) is 57.3 Å². The van der Waals surface area contributed by atoms with Crippen LogP contribution in [-0.2, 0) is 24.0 Å². The van der Waals surface area contributed by atoms with Crippen molar-refractivity contribution in [1.29, 1.82) is 0 Å². The molecular weight excluding hydrogens is 1220 g/mol. The van der Waals surface area contributed by atoms with E-state index in [0.29, 0.717) is 17.7 Å². The molecule has 10 nitrogen and oxygen atoms in total. The third-order valence-electron chi connectivity index (χ3n) is 23.0. The Labute approximate surface area is 613 Å². The van der Waals surface area contributed by atoms with Gasteiger partial charge in [0.25, 0.3) is 0 Å². The quantitative estimate of drug-likeness (QED) is 0.0474. The van der Waals surface area contributed by atoms with E-state index in [2.05, 4.69) is 137 Å². The van der Waals surface area contributed by atoms with E-state index in [1.165, 1.54) is 218 Å². The van der Waals surface area contributed by atoms with E-state index in [-0.39, 0.29) is 74.5 Å². The third-order valence-corrected chi connectivity index (χ3v) is 23.0. The number of hydrogen-bond donors (Lipinski definition) is 5. The highest BCUT2D eigenvalue weighted by Gasteiger charge is 2.35. The molecule has 0 bridgehead atoms. The van der Waals surface area contributed by atoms with Gasteiger partial charge in [0.1, 0.15) is 0 Å². The highest BCUT2D eigenvalue weighted by atomic mass is 16.2. The van der Waals surface area contributed by atoms with Crippen LogP contribution in [0.15, 0.2) is 12.2 Å². The summed E-state index contributed by atoms with van der Waals surface area (Å²) in [5.41, 5.74) is 0.779. The fourth-order valence-corrected chi connectivity index (χ4v) is 17.5. The van der Waals surface area contributed by atoms with E-state index < -0.39 is 0 Å². The van der Waals surface area contributed by atoms with Gasteiger partial charge in [-0.3, -0.25) is 24.0 Å². The van der Waals surface area contributed by atoms with Crippen molar-refractivity contribution in [2.75, 3.05) is 0 Å². The van der Waals surface area contributed by atoms with Crippen LogP contribution < -0.4 is 26.6 Å². The Bertz CT molecular complexity index is 2270. The monoisotopic (exact) mass is 1380 g/mol. The lowest BCUT2D eigenvalue weighted by Gasteiger charge is -2.31. The molecule has 0 saturated heterocycles. The number of rotatable bonds is 29. The van der Waals surface area contributed by atoms with Crippen molar-refractivity contribution < 1.29 is 24.0 Å². The lowest BCUT2D eigenvalue weighted by Crippen LogP contribution is -2.44. The van der Waals surface area contributed by atoms with Gasteiger partial charge in [-0.05, 0) is 260 Å². The van der Waals surface area contributed by atoms with Crippen molar-refractivity contribution in [2.45, 2.75) is 442 Å². The molecule has 5 amide bonds. The van der Waals surface area contributed by atoms with Crippen LogP contribution in [0.3, 0.4) is 0 Å². The summed E-state index contributed by atoms with van der Waals surface area (Å²) in [6.45, 7) is 43.8. The fraction of sp³-hybridized carbons (Fsp3) is 0.921. The number of carbonyl (C=O) groups is 5. The highest BCUT2D eigenvalue weighted by Crippen LogP contribution is 2.41. The maximum absolute atomic E-state index is 12.6. The number of amides is 5. The zero-order chi connectivity index (χ0) is 73.6. The topological polar surface area (TPSA) is 146 Å². The molecule has 5 atom stereocenters. The molecule has 0 aromatic rings. The summed E-state index contributed by atoms with van der Waals surface area (Å²) in [7, 11) is 0. The Hall–Kier alpha value is -2.91. The second-order valence-electron chi connectivity index (χ2n) is 40.8. The molecule has 8 rings (SSSR count). The van der Waals surface area contributed by atoms with Crippen molar-refractivity contribution >= 4 is 29.5 Å². The first-order chi connectivity index (χ1) is 46.2. The van der Waals surface area contributed by atoms with Crippen LogP contribution in [0, 0.1) is 82.3 Å². The number of hydrogen-bond acceptors (Lipinski definition) is 5. The van der Waals surface area contributed by atoms with Gasteiger partial charge in [0.2, 0.25) is 29.5 Å². The van der Waals surface area contributed by atoms with Gasteiger partial charge in [-0.25, -0.2) is 0 Å². The van der Waals surface area contributed by atoms with Gasteiger partial charge in [0.05, 0.1) is 0 Å². The number of nitrogens with one attached hydrogen (secondary N) is 5. The summed E-state index contributed by atoms with van der Waals surface area (Å²) < 4.78 is 0. The largest absolute Gasteiger partial charge is 0.351 e. The summed E-state index contributed by atoms with van der Waals surface area (Å²) >= 11 is 0. The van der Waals surface area contributed by atoms with Gasteiger partial charge >= 0.3 is 0 Å². The van der Waals surface area contributed by atoms with E-state index >= 15 is 0 Å². The highest BCUT2D eigenvalue weighted by molar-refractivity contribution is 5.81. The second-order valence-corrected chi connectivity index (χ2v) is 40.8. The Balaban J connectivity index is 0.000000263. The maximum atomic E-state index is 12.6. The Morgan fingerprint density at radius 1 is 0.283 bits per heavy atom. The SMILES string of the molecule is C=C(C)CC(CCC1CCCC1)C(=O)NC(C)(C)C.CC(C)(C)CC(CCC1CCCC1)C(=O)NC(C)(C)C.CC(C)(C)NC(=O)C(CCC1CCCC1)CC1CC1.CC(C)(C)NC(=O)C(CCC1CCCC1)CC1CCC1.CC(C)(C)NC(=O)C(CCC1CCCC1)CC1CCCC1. The lowest BCUT2D eigenvalue weighted by molar-refractivity contribution is -0.128. The van der Waals surface area contributed by atoms with Crippen molar-refractivity contribution in [3.8, 4) is 0 Å². The van der Waals surface area contributed by atoms with Crippen LogP contribution in [0.4, 0.5) is 0 Å². The van der Waals surface area contributed by atoms with Crippen molar-refractivity contribution in [3.05, 3.63) is 12.2 Å². The molecule has 0 aliphatic heterocycles. The standard InChI is InChI=1S/C19H35NO.C18H33NO.C18H35NO.2C17H31NO/c1-19(2,3)20-18(21)17(14-16-10-6-7-11-16)13-12-15-8-4-5-9-15;1-18(2,3)19-17(20)16(13-15-9-6-10-15)12-11-14-7-4-5-8-14;1-17(2,3)13-15(16(20)19-18(4,5)6)12-11-14-9-7-8-10-14;1-17(2,3)18-16(19)15(12-14-8-9-14)11-10-13-6-4-5-7-13;1-13(2)12-15(16(19)18-17(3,4)5)11-10-14-8-6-7-9-14/h15-17H,4-14H2,1-3H3,(H,20,21);14-16H,4-13H2,1-3H3,(H,19,20);14-15H,7-13H2,1-6H3,(H,19,20);13-15H,4-12H2,1-3H3,(H,18,19);14-15H,1,6-12H2,2-5H3,(H,18,19). The summed E-state index contributed by atoms with van der Waals surface area (Å²) in [5.74, 6) is 9.38. The smallest absolute Gasteiger partial charge is 0.223 e. The van der Waals surface area contributed by atoms with Crippen LogP contribution in [0.25, 0.3) is 0 Å². The van der Waals surface area contributed by atoms with E-state index in [1.54, 1.807) is 0 Å². The molecule has 5 unspecified atom stereocenters. The normalized spacial score (nSPS) is 21.0. The minimum absolute atomic E-state index is 0.0910. The fourth-order valence-electron chi connectivity index (χ4n) is 17.5. The van der Waals surface area contributed by atoms with E-state index in [0.717, 1.165) is 117 Å². The molecule has 0 aromatic heterocycles. The molecule has 8 aliphatic carbocycles. The molecule has 5 N–H and O–H groups in total. The number of allylic oxidation sites excluding steroid dienone is 1. The summed E-state index contributed by atoms with van der Waals surface area (Å²) in [5, 5.41) is 15.9. The Kier molecular flexibility index (Phi) is 38.9. The van der Waals surface area contributed by atoms with Crippen molar-refractivity contribution in [2.24, 2.45) is 82.3 Å². The average molecular weight is 1390 g/mol. The second kappa shape index (κ2) is 43.5. The molecule has 0 aromatic carbocycles. The van der Waals surface area contributed by atoms with Crippen molar-refractivity contribution in [1.82, 2.24) is 26.6 Å². The van der Waals surface area contributed by atoms with Crippen LogP contribution in [0.2, 0.25) is 0 Å². The molecule has 0 spiro atoms. The van der Waals surface area contributed by atoms with Gasteiger partial charge in [-0.1, -0.05) is 213 Å². The molecule has 0 radical (unpaired) electrons. The first kappa shape index (κ1) is 88.5. The molecule has 576 valence electrons. The van der Waals surface area contributed by atoms with Crippen LogP contribution in [0.5, 0.6) is 0 Å². The summed E-state index contributed by atoms with van der Waals surface area (Å²) in [4.78, 5) is 62.5. The van der Waals surface area contributed by atoms with Gasteiger partial charge in [-0.2, -0.15) is 0 Å². The Morgan fingerprint density at radius 2 is 0.475 bits per heavy atom. The van der Waals surface area contributed by atoms with E-state index in [9.17, 15) is 24.0 Å². The zero-order valence-corrected chi connectivity index (χ0v) is 68.9. The first-order valence-corrected chi connectivity index (χ1v) is 42.4. The van der Waals surface area contributed by atoms with Gasteiger partial charge in [0.15, 0.2) is 0 Å². The van der Waals surface area contributed by atoms with Gasteiger partial charge in [-0.15, -0.1) is 6.58 Å². The third kappa shape index (κ3) is 42.6. The minimum atomic E-state index is -0.141. The summed E-state index contributed by atoms with van der Waals surface area (Å²) in [6, 6.07) is 0. The van der Waals surface area contributed by atoms with E-state index in [1.807, 2.05) is 27.7 Å². The zero-order valence-electron chi connectivity index (χ0n) is 68.9. The lowest BCUT2D eigenvalue weighted by atomic mass is 9.77. The minimum Gasteiger partial charge on any atom is -0.351 e. The Morgan fingerprint density at radius 3 is 0.677 bits per heavy atom. The summed E-state index contributed by atoms with van der Waals surface area (Å²) in [6.07, 6.45) is 57.0. The predicted molar refractivity (Wildman–Crippen MR) is 422 cm³/mol. The first-order valence-electron chi connectivity index (χ1n) is 42.4. The average Bonchev–Trinajstić information content (AvgIpc) is 1.78. The molecule has 8 fully saturated rings. The molecule has 8 aliphatic rings. The molecule has 8 saturated carbocycles. The molecule has 99 heavy (non-hydrogen) atoms. The molecule has 10 heteroatoms.